The Balaban J connectivity index is 1.39. The van der Waals surface area contributed by atoms with Crippen LogP contribution in [0.5, 0.6) is 0 Å². The van der Waals surface area contributed by atoms with E-state index in [9.17, 15) is 18.0 Å². The number of anilines is 1. The molecule has 5 nitrogen and oxygen atoms in total. The van der Waals surface area contributed by atoms with E-state index >= 15 is 0 Å². The summed E-state index contributed by atoms with van der Waals surface area (Å²) < 4.78 is 39.0. The predicted octanol–water partition coefficient (Wildman–Crippen LogP) is 6.11. The zero-order valence-corrected chi connectivity index (χ0v) is 18.3. The molecule has 3 aromatic carbocycles. The second-order valence-electron chi connectivity index (χ2n) is 8.13. The number of rotatable bonds is 3. The van der Waals surface area contributed by atoms with Gasteiger partial charge in [-0.1, -0.05) is 42.5 Å². The van der Waals surface area contributed by atoms with Crippen molar-refractivity contribution in [2.24, 2.45) is 4.99 Å². The van der Waals surface area contributed by atoms with Gasteiger partial charge in [-0.25, -0.2) is 4.99 Å². The van der Waals surface area contributed by atoms with Crippen molar-refractivity contribution in [3.8, 4) is 0 Å². The summed E-state index contributed by atoms with van der Waals surface area (Å²) in [4.78, 5) is 19.0. The fourth-order valence-corrected chi connectivity index (χ4v) is 4.00. The van der Waals surface area contributed by atoms with Gasteiger partial charge in [-0.05, 0) is 59.2 Å². The summed E-state index contributed by atoms with van der Waals surface area (Å²) in [5.41, 5.74) is 2.97. The second kappa shape index (κ2) is 8.72. The number of fused-ring (bicyclic) bond motifs is 2. The standard InChI is InChI=1S/C27H19F3N4O/c28-27(29,30)21-8-3-7-18(13-21)26(35)32-22-9-4-6-17(14-22)19-11-12-24-33-25(31)23-10-2-1-5-20(23)16-34(24)15-19/h1-15,31H,16H2,(H,32,35). The topological polar surface area (TPSA) is 68.5 Å². The van der Waals surface area contributed by atoms with Gasteiger partial charge in [-0.2, -0.15) is 13.2 Å². The molecule has 2 aliphatic heterocycles. The van der Waals surface area contributed by atoms with Crippen LogP contribution in [0.1, 0.15) is 32.6 Å². The lowest BCUT2D eigenvalue weighted by Crippen LogP contribution is -2.25. The van der Waals surface area contributed by atoms with Crippen molar-refractivity contribution in [3.05, 3.63) is 119 Å². The van der Waals surface area contributed by atoms with E-state index in [1.54, 1.807) is 18.2 Å². The van der Waals surface area contributed by atoms with E-state index in [4.69, 9.17) is 5.41 Å². The highest BCUT2D eigenvalue weighted by Crippen LogP contribution is 2.30. The van der Waals surface area contributed by atoms with Crippen molar-refractivity contribution in [1.82, 2.24) is 4.90 Å². The maximum Gasteiger partial charge on any atom is 0.416 e. The third-order valence-electron chi connectivity index (χ3n) is 5.75. The van der Waals surface area contributed by atoms with Gasteiger partial charge < -0.3 is 10.2 Å². The summed E-state index contributed by atoms with van der Waals surface area (Å²) in [6.07, 6.45) is 1.13. The van der Waals surface area contributed by atoms with Crippen molar-refractivity contribution in [2.75, 3.05) is 5.32 Å². The van der Waals surface area contributed by atoms with Crippen LogP contribution in [0.15, 0.2) is 96.1 Å². The van der Waals surface area contributed by atoms with Gasteiger partial charge in [0.05, 0.1) is 5.56 Å². The molecule has 1 amide bonds. The number of amides is 1. The van der Waals surface area contributed by atoms with E-state index in [-0.39, 0.29) is 11.4 Å². The number of allylic oxidation sites excluding steroid dienone is 2. The summed E-state index contributed by atoms with van der Waals surface area (Å²) in [6, 6.07) is 19.1. The van der Waals surface area contributed by atoms with Crippen LogP contribution >= 0.6 is 0 Å². The number of hydrogen-bond acceptors (Lipinski definition) is 3. The van der Waals surface area contributed by atoms with Crippen molar-refractivity contribution in [3.63, 3.8) is 0 Å². The summed E-state index contributed by atoms with van der Waals surface area (Å²) in [6.45, 7) is 0.553. The van der Waals surface area contributed by atoms with E-state index in [1.165, 1.54) is 12.1 Å². The Kier molecular flexibility index (Phi) is 5.56. The molecule has 0 saturated carbocycles. The van der Waals surface area contributed by atoms with E-state index in [0.717, 1.165) is 34.4 Å². The number of carbonyl (C=O) groups excluding carboxylic acids is 1. The van der Waals surface area contributed by atoms with Crippen LogP contribution in [0, 0.1) is 5.41 Å². The lowest BCUT2D eigenvalue weighted by Gasteiger charge is -2.24. The van der Waals surface area contributed by atoms with E-state index < -0.39 is 17.6 Å². The lowest BCUT2D eigenvalue weighted by molar-refractivity contribution is -0.137. The lowest BCUT2D eigenvalue weighted by atomic mass is 10.0. The van der Waals surface area contributed by atoms with Crippen LogP contribution < -0.4 is 5.32 Å². The maximum absolute atomic E-state index is 13.0. The first-order chi connectivity index (χ1) is 16.8. The number of benzene rings is 3. The number of aliphatic imine (C=N–C) groups is 1. The monoisotopic (exact) mass is 472 g/mol. The molecule has 0 saturated heterocycles. The molecule has 5 rings (SSSR count). The molecule has 35 heavy (non-hydrogen) atoms. The first-order valence-electron chi connectivity index (χ1n) is 10.8. The fourth-order valence-electron chi connectivity index (χ4n) is 4.00. The molecule has 174 valence electrons. The van der Waals surface area contributed by atoms with Crippen molar-refractivity contribution in [1.29, 1.82) is 5.41 Å². The van der Waals surface area contributed by atoms with Crippen molar-refractivity contribution >= 4 is 28.8 Å². The number of carbonyl (C=O) groups is 1. The molecule has 0 unspecified atom stereocenters. The first-order valence-corrected chi connectivity index (χ1v) is 10.8. The minimum absolute atomic E-state index is 0.0754. The Morgan fingerprint density at radius 3 is 2.60 bits per heavy atom. The van der Waals surface area contributed by atoms with Crippen LogP contribution in [0.3, 0.4) is 0 Å². The van der Waals surface area contributed by atoms with Crippen LogP contribution in [-0.4, -0.2) is 22.5 Å². The molecule has 0 radical (unpaired) electrons. The average Bonchev–Trinajstić information content (AvgIpc) is 2.99. The van der Waals surface area contributed by atoms with E-state index in [0.29, 0.717) is 18.1 Å². The Hall–Kier alpha value is -4.46. The minimum atomic E-state index is -4.52. The third-order valence-corrected chi connectivity index (χ3v) is 5.75. The number of nitrogens with one attached hydrogen (secondary N) is 2. The Morgan fingerprint density at radius 2 is 1.77 bits per heavy atom. The third kappa shape index (κ3) is 4.63. The molecule has 0 fully saturated rings. The highest BCUT2D eigenvalue weighted by molar-refractivity contribution is 6.11. The fraction of sp³-hybridized carbons (Fsp3) is 0.0741. The number of amidine groups is 2. The van der Waals surface area contributed by atoms with Gasteiger partial charge in [0.1, 0.15) is 5.84 Å². The van der Waals surface area contributed by atoms with Crippen molar-refractivity contribution < 1.29 is 18.0 Å². The highest BCUT2D eigenvalue weighted by atomic mass is 19.4. The number of alkyl halides is 3. The maximum atomic E-state index is 13.0. The van der Waals surface area contributed by atoms with Gasteiger partial charge in [0, 0.05) is 29.6 Å². The van der Waals surface area contributed by atoms with Gasteiger partial charge in [-0.15, -0.1) is 0 Å². The van der Waals surface area contributed by atoms with Crippen LogP contribution in [0.25, 0.3) is 5.57 Å². The first kappa shape index (κ1) is 22.3. The molecule has 2 N–H and O–H groups in total. The van der Waals surface area contributed by atoms with Crippen molar-refractivity contribution in [2.45, 2.75) is 12.7 Å². The molecule has 0 spiro atoms. The van der Waals surface area contributed by atoms with Gasteiger partial charge in [0.2, 0.25) is 0 Å². The smallest absolute Gasteiger partial charge is 0.328 e. The molecular formula is C27H19F3N4O. The summed E-state index contributed by atoms with van der Waals surface area (Å²) >= 11 is 0. The summed E-state index contributed by atoms with van der Waals surface area (Å²) in [5, 5.41) is 11.0. The molecule has 0 bridgehead atoms. The molecule has 3 aromatic rings. The van der Waals surface area contributed by atoms with E-state index in [2.05, 4.69) is 10.3 Å². The average molecular weight is 472 g/mol. The Bertz CT molecular complexity index is 1440. The minimum Gasteiger partial charge on any atom is -0.328 e. The molecule has 8 heteroatoms. The molecule has 0 aromatic heterocycles. The number of halogens is 3. The van der Waals surface area contributed by atoms with Crippen LogP contribution in [0.2, 0.25) is 0 Å². The van der Waals surface area contributed by atoms with Crippen LogP contribution in [0.4, 0.5) is 18.9 Å². The van der Waals surface area contributed by atoms with Crippen LogP contribution in [-0.2, 0) is 12.7 Å². The number of nitrogens with zero attached hydrogens (tertiary/aromatic N) is 2. The second-order valence-corrected chi connectivity index (χ2v) is 8.13. The normalized spacial score (nSPS) is 14.9. The molecule has 0 atom stereocenters. The quantitative estimate of drug-likeness (QED) is 0.483. The zero-order chi connectivity index (χ0) is 24.6. The molecule has 2 heterocycles. The SMILES string of the molecule is N=C1N=C2C=CC(c3cccc(NC(=O)c4cccc(C(F)(F)F)c4)c3)=CN2Cc2ccccc21. The van der Waals surface area contributed by atoms with Gasteiger partial charge in [-0.3, -0.25) is 10.2 Å². The Morgan fingerprint density at radius 1 is 0.971 bits per heavy atom. The Labute approximate surface area is 199 Å². The zero-order valence-electron chi connectivity index (χ0n) is 18.3. The predicted molar refractivity (Wildman–Crippen MR) is 129 cm³/mol. The summed E-state index contributed by atoms with van der Waals surface area (Å²) in [7, 11) is 0. The summed E-state index contributed by atoms with van der Waals surface area (Å²) in [5.74, 6) is 0.237. The number of hydrogen-bond donors (Lipinski definition) is 2. The van der Waals surface area contributed by atoms with Gasteiger partial charge in [0.25, 0.3) is 5.91 Å². The van der Waals surface area contributed by atoms with Gasteiger partial charge >= 0.3 is 6.18 Å². The molecular weight excluding hydrogens is 453 g/mol. The van der Waals surface area contributed by atoms with E-state index in [1.807, 2.05) is 53.6 Å². The highest BCUT2D eigenvalue weighted by Gasteiger charge is 2.31. The molecule has 2 aliphatic rings. The van der Waals surface area contributed by atoms with Gasteiger partial charge in [0.15, 0.2) is 5.84 Å². The molecule has 0 aliphatic carbocycles. The largest absolute Gasteiger partial charge is 0.416 e.